The predicted octanol–water partition coefficient (Wildman–Crippen LogP) is 1.92. The Labute approximate surface area is 92.0 Å². The first-order valence-electron chi connectivity index (χ1n) is 4.41. The number of carbonyl (C=O) groups excluding carboxylic acids is 1. The number of anilines is 1. The third-order valence-corrected chi connectivity index (χ3v) is 2.36. The summed E-state index contributed by atoms with van der Waals surface area (Å²) in [6.07, 6.45) is 0.704. The Kier molecular flexibility index (Phi) is 4.46. The lowest BCUT2D eigenvalue weighted by molar-refractivity contribution is -0.109. The Morgan fingerprint density at radius 1 is 1.43 bits per heavy atom. The Morgan fingerprint density at radius 2 is 2.21 bits per heavy atom. The number of hydrogen-bond acceptors (Lipinski definition) is 2. The van der Waals surface area contributed by atoms with E-state index >= 15 is 0 Å². The first kappa shape index (κ1) is 11.0. The van der Waals surface area contributed by atoms with Gasteiger partial charge in [0.2, 0.25) is 6.41 Å². The fourth-order valence-corrected chi connectivity index (χ4v) is 1.47. The Morgan fingerprint density at radius 3 is 2.93 bits per heavy atom. The van der Waals surface area contributed by atoms with E-state index in [1.807, 2.05) is 25.1 Å². The first-order valence-corrected chi connectivity index (χ1v) is 5.20. The number of hydrogen-bond donors (Lipinski definition) is 2. The van der Waals surface area contributed by atoms with Crippen LogP contribution >= 0.6 is 15.9 Å². The van der Waals surface area contributed by atoms with Gasteiger partial charge in [-0.1, -0.05) is 22.0 Å². The fraction of sp³-hybridized carbons (Fsp3) is 0.300. The van der Waals surface area contributed by atoms with Gasteiger partial charge in [-0.25, -0.2) is 0 Å². The Hall–Kier alpha value is -1.03. The summed E-state index contributed by atoms with van der Waals surface area (Å²) in [5, 5.41) is 5.83. The van der Waals surface area contributed by atoms with E-state index in [0.717, 1.165) is 16.7 Å². The van der Waals surface area contributed by atoms with E-state index in [-0.39, 0.29) is 0 Å². The summed E-state index contributed by atoms with van der Waals surface area (Å²) >= 11 is 3.41. The fourth-order valence-electron chi connectivity index (χ4n) is 1.11. The molecule has 1 aromatic carbocycles. The van der Waals surface area contributed by atoms with Crippen molar-refractivity contribution in [3.05, 3.63) is 28.2 Å². The van der Waals surface area contributed by atoms with Crippen molar-refractivity contribution in [3.8, 4) is 0 Å². The number of rotatable bonds is 5. The summed E-state index contributed by atoms with van der Waals surface area (Å²) in [5.41, 5.74) is 2.28. The summed E-state index contributed by atoms with van der Waals surface area (Å²) in [4.78, 5) is 9.99. The number of amides is 1. The number of benzene rings is 1. The van der Waals surface area contributed by atoms with E-state index in [9.17, 15) is 4.79 Å². The lowest BCUT2D eigenvalue weighted by Gasteiger charge is -2.09. The van der Waals surface area contributed by atoms with Gasteiger partial charge in [0, 0.05) is 23.2 Å². The minimum atomic E-state index is 0.634. The van der Waals surface area contributed by atoms with Crippen molar-refractivity contribution in [1.82, 2.24) is 5.32 Å². The molecule has 0 spiro atoms. The second kappa shape index (κ2) is 5.65. The standard InChI is InChI=1S/C10H13BrN2O/c1-8-2-3-9(11)6-10(8)13-5-4-12-7-14/h2-3,6-7,13H,4-5H2,1H3,(H,12,14). The highest BCUT2D eigenvalue weighted by Gasteiger charge is 1.97. The van der Waals surface area contributed by atoms with Crippen LogP contribution in [-0.4, -0.2) is 19.5 Å². The SMILES string of the molecule is Cc1ccc(Br)cc1NCCNC=O. The van der Waals surface area contributed by atoms with Crippen LogP contribution in [0.25, 0.3) is 0 Å². The second-order valence-corrected chi connectivity index (χ2v) is 3.87. The molecule has 4 heteroatoms. The van der Waals surface area contributed by atoms with Crippen LogP contribution in [0.1, 0.15) is 5.56 Å². The van der Waals surface area contributed by atoms with Crippen LogP contribution in [0.3, 0.4) is 0 Å². The zero-order chi connectivity index (χ0) is 10.4. The molecule has 14 heavy (non-hydrogen) atoms. The van der Waals surface area contributed by atoms with Gasteiger partial charge in [-0.2, -0.15) is 0 Å². The van der Waals surface area contributed by atoms with Crippen LogP contribution in [0.2, 0.25) is 0 Å². The topological polar surface area (TPSA) is 41.1 Å². The number of nitrogens with one attached hydrogen (secondary N) is 2. The van der Waals surface area contributed by atoms with Gasteiger partial charge >= 0.3 is 0 Å². The van der Waals surface area contributed by atoms with Crippen molar-refractivity contribution in [2.75, 3.05) is 18.4 Å². The largest absolute Gasteiger partial charge is 0.383 e. The molecule has 76 valence electrons. The molecule has 0 saturated carbocycles. The van der Waals surface area contributed by atoms with Gasteiger partial charge in [0.25, 0.3) is 0 Å². The second-order valence-electron chi connectivity index (χ2n) is 2.96. The van der Waals surface area contributed by atoms with Crippen LogP contribution in [0.4, 0.5) is 5.69 Å². The normalized spacial score (nSPS) is 9.57. The molecule has 0 aliphatic rings. The number of carbonyl (C=O) groups is 1. The van der Waals surface area contributed by atoms with Crippen LogP contribution in [0.15, 0.2) is 22.7 Å². The van der Waals surface area contributed by atoms with E-state index in [0.29, 0.717) is 13.0 Å². The maximum atomic E-state index is 9.99. The van der Waals surface area contributed by atoms with Crippen molar-refractivity contribution in [1.29, 1.82) is 0 Å². The zero-order valence-electron chi connectivity index (χ0n) is 8.01. The molecule has 0 heterocycles. The molecular weight excluding hydrogens is 244 g/mol. The van der Waals surface area contributed by atoms with E-state index < -0.39 is 0 Å². The Balaban J connectivity index is 2.49. The molecule has 0 fully saturated rings. The summed E-state index contributed by atoms with van der Waals surface area (Å²) in [7, 11) is 0. The van der Waals surface area contributed by atoms with Crippen molar-refractivity contribution in [2.45, 2.75) is 6.92 Å². The third kappa shape index (κ3) is 3.38. The molecule has 0 saturated heterocycles. The van der Waals surface area contributed by atoms with Gasteiger partial charge in [-0.3, -0.25) is 4.79 Å². The molecular formula is C10H13BrN2O. The number of halogens is 1. The highest BCUT2D eigenvalue weighted by Crippen LogP contribution is 2.20. The highest BCUT2D eigenvalue weighted by molar-refractivity contribution is 9.10. The third-order valence-electron chi connectivity index (χ3n) is 1.87. The lowest BCUT2D eigenvalue weighted by Crippen LogP contribution is -2.20. The van der Waals surface area contributed by atoms with Gasteiger partial charge in [-0.15, -0.1) is 0 Å². The van der Waals surface area contributed by atoms with Crippen LogP contribution < -0.4 is 10.6 Å². The maximum absolute atomic E-state index is 9.99. The minimum Gasteiger partial charge on any atom is -0.383 e. The molecule has 0 aliphatic heterocycles. The van der Waals surface area contributed by atoms with Gasteiger partial charge in [0.1, 0.15) is 0 Å². The smallest absolute Gasteiger partial charge is 0.207 e. The van der Waals surface area contributed by atoms with Gasteiger partial charge in [0.15, 0.2) is 0 Å². The highest BCUT2D eigenvalue weighted by atomic mass is 79.9. The van der Waals surface area contributed by atoms with E-state index in [4.69, 9.17) is 0 Å². The summed E-state index contributed by atoms with van der Waals surface area (Å²) in [5.74, 6) is 0. The van der Waals surface area contributed by atoms with Crippen LogP contribution in [0, 0.1) is 6.92 Å². The van der Waals surface area contributed by atoms with Crippen LogP contribution in [-0.2, 0) is 4.79 Å². The van der Waals surface area contributed by atoms with Crippen LogP contribution in [0.5, 0.6) is 0 Å². The molecule has 0 unspecified atom stereocenters. The van der Waals surface area contributed by atoms with Gasteiger partial charge < -0.3 is 10.6 Å². The number of aryl methyl sites for hydroxylation is 1. The van der Waals surface area contributed by atoms with E-state index in [2.05, 4.69) is 26.6 Å². The van der Waals surface area contributed by atoms with Gasteiger partial charge in [0.05, 0.1) is 0 Å². The maximum Gasteiger partial charge on any atom is 0.207 e. The molecule has 3 nitrogen and oxygen atoms in total. The quantitative estimate of drug-likeness (QED) is 0.625. The average molecular weight is 257 g/mol. The summed E-state index contributed by atoms with van der Waals surface area (Å²) in [6.45, 7) is 3.41. The molecule has 0 aromatic heterocycles. The summed E-state index contributed by atoms with van der Waals surface area (Å²) < 4.78 is 1.05. The monoisotopic (exact) mass is 256 g/mol. The zero-order valence-corrected chi connectivity index (χ0v) is 9.60. The van der Waals surface area contributed by atoms with Gasteiger partial charge in [-0.05, 0) is 24.6 Å². The van der Waals surface area contributed by atoms with E-state index in [1.54, 1.807) is 0 Å². The van der Waals surface area contributed by atoms with Crippen molar-refractivity contribution < 1.29 is 4.79 Å². The molecule has 0 aliphatic carbocycles. The molecule has 0 atom stereocenters. The van der Waals surface area contributed by atoms with Crippen molar-refractivity contribution >= 4 is 28.0 Å². The molecule has 2 N–H and O–H groups in total. The molecule has 0 radical (unpaired) electrons. The minimum absolute atomic E-state index is 0.634. The van der Waals surface area contributed by atoms with Crippen molar-refractivity contribution in [3.63, 3.8) is 0 Å². The molecule has 1 amide bonds. The predicted molar refractivity (Wildman–Crippen MR) is 61.4 cm³/mol. The molecule has 0 bridgehead atoms. The van der Waals surface area contributed by atoms with Crippen molar-refractivity contribution in [2.24, 2.45) is 0 Å². The molecule has 1 rings (SSSR count). The Bertz CT molecular complexity index is 315. The lowest BCUT2D eigenvalue weighted by atomic mass is 10.2. The van der Waals surface area contributed by atoms with E-state index in [1.165, 1.54) is 5.56 Å². The molecule has 1 aromatic rings. The average Bonchev–Trinajstić information content (AvgIpc) is 2.18. The first-order chi connectivity index (χ1) is 6.74. The summed E-state index contributed by atoms with van der Waals surface area (Å²) in [6, 6.07) is 6.07.